The monoisotopic (exact) mass is 364 g/mol. The summed E-state index contributed by atoms with van der Waals surface area (Å²) >= 11 is 6.07. The number of nitrogens with zero attached hydrogens (tertiary/aromatic N) is 2. The number of primary amides is 1. The van der Waals surface area contributed by atoms with Crippen LogP contribution in [0.1, 0.15) is 32.4 Å². The number of carbonyl (C=O) groups excluding carboxylic acids is 3. The highest BCUT2D eigenvalue weighted by molar-refractivity contribution is 6.34. The molecular formula is C18H23ClN3O3+. The maximum absolute atomic E-state index is 12.7. The summed E-state index contributed by atoms with van der Waals surface area (Å²) < 4.78 is 0. The Morgan fingerprint density at radius 1 is 1.24 bits per heavy atom. The number of carbonyl (C=O) groups is 3. The number of nitrogens with two attached hydrogens (primary N) is 1. The van der Waals surface area contributed by atoms with Gasteiger partial charge in [-0.3, -0.25) is 14.4 Å². The number of piperazine rings is 1. The molecule has 0 aliphatic carbocycles. The van der Waals surface area contributed by atoms with E-state index in [9.17, 15) is 14.4 Å². The van der Waals surface area contributed by atoms with Gasteiger partial charge in [-0.15, -0.1) is 0 Å². The predicted octanol–water partition coefficient (Wildman–Crippen LogP) is 1.79. The van der Waals surface area contributed by atoms with E-state index in [0.29, 0.717) is 5.02 Å². The lowest BCUT2D eigenvalue weighted by molar-refractivity contribution is -0.154. The van der Waals surface area contributed by atoms with Gasteiger partial charge in [-0.1, -0.05) is 23.7 Å². The first-order valence-electron chi connectivity index (χ1n) is 8.04. The largest absolute Gasteiger partial charge is 0.361 e. The van der Waals surface area contributed by atoms with E-state index in [4.69, 9.17) is 17.3 Å². The molecule has 0 bridgehead atoms. The van der Waals surface area contributed by atoms with E-state index in [-0.39, 0.29) is 25.0 Å². The molecule has 0 radical (unpaired) electrons. The number of benzene rings is 1. The Hall–Kier alpha value is -2.21. The summed E-state index contributed by atoms with van der Waals surface area (Å²) in [4.78, 5) is 39.6. The minimum Gasteiger partial charge on any atom is -0.361 e. The van der Waals surface area contributed by atoms with Crippen molar-refractivity contribution in [1.29, 1.82) is 0 Å². The Balaban J connectivity index is 2.42. The first-order valence-corrected chi connectivity index (χ1v) is 8.42. The quantitative estimate of drug-likeness (QED) is 0.641. The van der Waals surface area contributed by atoms with Crippen LogP contribution >= 0.6 is 11.6 Å². The molecule has 3 amide bonds. The van der Waals surface area contributed by atoms with Gasteiger partial charge in [0.2, 0.25) is 0 Å². The molecule has 134 valence electrons. The molecule has 25 heavy (non-hydrogen) atoms. The van der Waals surface area contributed by atoms with Crippen molar-refractivity contribution in [2.75, 3.05) is 13.1 Å². The summed E-state index contributed by atoms with van der Waals surface area (Å²) in [5, 5.41) is 0.512. The highest BCUT2D eigenvalue weighted by Crippen LogP contribution is 2.32. The molecule has 6 nitrogen and oxygen atoms in total. The third-order valence-corrected chi connectivity index (χ3v) is 4.52. The SMILES string of the molecule is [CH2+]C(C)(C)C(=O)N1C[C@H](c2cccc(Cl)c2)N(C(=O)C(N)=O)C[C@H]1C. The number of halogens is 1. The standard InChI is InChI=1S/C18H22ClN3O3/c1-11-9-22(16(24)15(20)23)14(12-6-5-7-13(19)8-12)10-21(11)17(25)18(2,3)4/h5-8,11,14H,2,9-10H2,1,3-4H3,(H-,20,23)/p+1/t11-,14-/m1/s1. The molecule has 1 aromatic carbocycles. The molecule has 1 aliphatic heterocycles. The summed E-state index contributed by atoms with van der Waals surface area (Å²) in [6, 6.07) is 6.26. The molecule has 0 unspecified atom stereocenters. The predicted molar refractivity (Wildman–Crippen MR) is 95.4 cm³/mol. The Morgan fingerprint density at radius 3 is 2.40 bits per heavy atom. The van der Waals surface area contributed by atoms with Gasteiger partial charge in [0, 0.05) is 24.2 Å². The number of hydrogen-bond acceptors (Lipinski definition) is 3. The molecule has 2 atom stereocenters. The van der Waals surface area contributed by atoms with Crippen molar-refractivity contribution >= 4 is 29.3 Å². The number of hydrogen-bond donors (Lipinski definition) is 1. The Kier molecular flexibility index (Phi) is 5.32. The van der Waals surface area contributed by atoms with Gasteiger partial charge in [0.1, 0.15) is 0 Å². The number of amides is 3. The van der Waals surface area contributed by atoms with E-state index in [1.165, 1.54) is 4.90 Å². The van der Waals surface area contributed by atoms with Crippen molar-refractivity contribution in [3.8, 4) is 0 Å². The maximum atomic E-state index is 12.7. The Bertz CT molecular complexity index is 699. The molecule has 1 fully saturated rings. The topological polar surface area (TPSA) is 83.7 Å². The van der Waals surface area contributed by atoms with E-state index in [2.05, 4.69) is 6.92 Å². The van der Waals surface area contributed by atoms with Crippen LogP contribution in [-0.2, 0) is 14.4 Å². The third kappa shape index (κ3) is 4.07. The lowest BCUT2D eigenvalue weighted by Crippen LogP contribution is -2.60. The van der Waals surface area contributed by atoms with Crippen LogP contribution in [0.4, 0.5) is 0 Å². The molecule has 1 aromatic rings. The number of rotatable bonds is 2. The smallest absolute Gasteiger partial charge is 0.312 e. The van der Waals surface area contributed by atoms with Gasteiger partial charge in [-0.2, -0.15) is 0 Å². The molecular weight excluding hydrogens is 342 g/mol. The Labute approximate surface area is 152 Å². The molecule has 1 heterocycles. The fraction of sp³-hybridized carbons (Fsp3) is 0.444. The summed E-state index contributed by atoms with van der Waals surface area (Å²) in [5.41, 5.74) is 5.15. The maximum Gasteiger partial charge on any atom is 0.312 e. The van der Waals surface area contributed by atoms with Crippen LogP contribution < -0.4 is 5.73 Å². The molecule has 1 saturated heterocycles. The second-order valence-corrected chi connectivity index (χ2v) is 7.52. The Morgan fingerprint density at radius 2 is 1.88 bits per heavy atom. The van der Waals surface area contributed by atoms with Crippen molar-refractivity contribution in [2.45, 2.75) is 32.9 Å². The van der Waals surface area contributed by atoms with Crippen LogP contribution in [0.5, 0.6) is 0 Å². The molecule has 0 spiro atoms. The molecule has 1 aliphatic rings. The van der Waals surface area contributed by atoms with E-state index in [1.54, 1.807) is 36.9 Å². The van der Waals surface area contributed by atoms with Gasteiger partial charge in [0.05, 0.1) is 13.0 Å². The van der Waals surface area contributed by atoms with Gasteiger partial charge < -0.3 is 15.5 Å². The van der Waals surface area contributed by atoms with Crippen LogP contribution in [0.25, 0.3) is 0 Å². The first kappa shape index (κ1) is 19.1. The minimum atomic E-state index is -1.02. The molecule has 7 heteroatoms. The van der Waals surface area contributed by atoms with Gasteiger partial charge in [0.25, 0.3) is 5.91 Å². The molecule has 0 saturated carbocycles. The fourth-order valence-electron chi connectivity index (χ4n) is 3.01. The zero-order valence-corrected chi connectivity index (χ0v) is 15.4. The summed E-state index contributed by atoms with van der Waals surface area (Å²) in [7, 11) is 0. The normalized spacial score (nSPS) is 21.1. The van der Waals surface area contributed by atoms with Crippen LogP contribution in [0, 0.1) is 12.3 Å². The lowest BCUT2D eigenvalue weighted by atomic mass is 9.91. The molecule has 2 N–H and O–H groups in total. The second kappa shape index (κ2) is 6.96. The molecule has 2 rings (SSSR count). The zero-order chi connectivity index (χ0) is 18.9. The highest BCUT2D eigenvalue weighted by Gasteiger charge is 2.43. The zero-order valence-electron chi connectivity index (χ0n) is 14.7. The van der Waals surface area contributed by atoms with Crippen LogP contribution in [-0.4, -0.2) is 46.7 Å². The van der Waals surface area contributed by atoms with Crippen LogP contribution in [0.2, 0.25) is 5.02 Å². The third-order valence-electron chi connectivity index (χ3n) is 4.28. The van der Waals surface area contributed by atoms with Crippen molar-refractivity contribution < 1.29 is 14.4 Å². The highest BCUT2D eigenvalue weighted by atomic mass is 35.5. The first-order chi connectivity index (χ1) is 11.5. The minimum absolute atomic E-state index is 0.113. The second-order valence-electron chi connectivity index (χ2n) is 7.08. The van der Waals surface area contributed by atoms with E-state index >= 15 is 0 Å². The average molecular weight is 365 g/mol. The summed E-state index contributed by atoms with van der Waals surface area (Å²) in [6.07, 6.45) is 0. The van der Waals surface area contributed by atoms with Gasteiger partial charge in [-0.05, 0) is 38.5 Å². The lowest BCUT2D eigenvalue weighted by Gasteiger charge is -2.45. The van der Waals surface area contributed by atoms with E-state index < -0.39 is 23.3 Å². The van der Waals surface area contributed by atoms with Crippen LogP contribution in [0.3, 0.4) is 0 Å². The average Bonchev–Trinajstić information content (AvgIpc) is 2.52. The van der Waals surface area contributed by atoms with Gasteiger partial charge in [-0.25, -0.2) is 0 Å². The van der Waals surface area contributed by atoms with E-state index in [1.807, 2.05) is 13.0 Å². The summed E-state index contributed by atoms with van der Waals surface area (Å²) in [6.45, 7) is 9.69. The van der Waals surface area contributed by atoms with E-state index in [0.717, 1.165) is 5.56 Å². The van der Waals surface area contributed by atoms with Gasteiger partial charge in [0.15, 0.2) is 5.41 Å². The van der Waals surface area contributed by atoms with Crippen molar-refractivity contribution in [2.24, 2.45) is 11.1 Å². The fourth-order valence-corrected chi connectivity index (χ4v) is 3.21. The van der Waals surface area contributed by atoms with Crippen LogP contribution in [0.15, 0.2) is 24.3 Å². The molecule has 0 aromatic heterocycles. The van der Waals surface area contributed by atoms with Gasteiger partial charge >= 0.3 is 11.8 Å². The van der Waals surface area contributed by atoms with Crippen molar-refractivity contribution in [3.63, 3.8) is 0 Å². The summed E-state index contributed by atoms with van der Waals surface area (Å²) in [5.74, 6) is -1.90. The van der Waals surface area contributed by atoms with Crippen molar-refractivity contribution in [3.05, 3.63) is 41.8 Å². The van der Waals surface area contributed by atoms with Crippen molar-refractivity contribution in [1.82, 2.24) is 9.80 Å².